The van der Waals surface area contributed by atoms with Gasteiger partial charge in [-0.25, -0.2) is 4.79 Å². The van der Waals surface area contributed by atoms with Gasteiger partial charge in [-0.3, -0.25) is 0 Å². The van der Waals surface area contributed by atoms with Crippen LogP contribution in [0.3, 0.4) is 0 Å². The fourth-order valence-electron chi connectivity index (χ4n) is 4.13. The third kappa shape index (κ3) is 3.85. The van der Waals surface area contributed by atoms with Crippen LogP contribution in [0, 0.1) is 5.41 Å². The second-order valence-electron chi connectivity index (χ2n) is 8.42. The molecule has 1 N–H and O–H groups in total. The molecule has 1 amide bonds. The monoisotopic (exact) mass is 387 g/mol. The molecule has 0 aromatic heterocycles. The maximum Gasteiger partial charge on any atom is 0.573 e. The molecule has 2 aliphatic rings. The SMILES string of the molecule is CC(C)(C)OC(=O)N1CC[C@]2(c3ccc(OC(F)(F)F)cc3)CC2(CO)C1. The summed E-state index contributed by atoms with van der Waals surface area (Å²) in [5, 5.41) is 10.0. The second kappa shape index (κ2) is 6.29. The van der Waals surface area contributed by atoms with Gasteiger partial charge in [-0.1, -0.05) is 12.1 Å². The van der Waals surface area contributed by atoms with E-state index in [1.165, 1.54) is 12.1 Å². The third-order valence-electron chi connectivity index (χ3n) is 5.43. The van der Waals surface area contributed by atoms with Crippen LogP contribution < -0.4 is 4.74 Å². The van der Waals surface area contributed by atoms with Crippen LogP contribution in [-0.2, 0) is 10.2 Å². The van der Waals surface area contributed by atoms with E-state index in [0.29, 0.717) is 25.9 Å². The van der Waals surface area contributed by atoms with E-state index in [1.807, 2.05) is 0 Å². The van der Waals surface area contributed by atoms with Crippen LogP contribution >= 0.6 is 0 Å². The number of benzene rings is 1. The first-order valence-corrected chi connectivity index (χ1v) is 8.85. The molecule has 1 saturated carbocycles. The van der Waals surface area contributed by atoms with Crippen LogP contribution in [0.15, 0.2) is 24.3 Å². The van der Waals surface area contributed by atoms with Gasteiger partial charge >= 0.3 is 12.5 Å². The Bertz CT molecular complexity index is 713. The van der Waals surface area contributed by atoms with E-state index in [4.69, 9.17) is 4.74 Å². The Morgan fingerprint density at radius 2 is 1.85 bits per heavy atom. The lowest BCUT2D eigenvalue weighted by atomic mass is 9.80. The summed E-state index contributed by atoms with van der Waals surface area (Å²) < 4.78 is 46.3. The largest absolute Gasteiger partial charge is 0.573 e. The second-order valence-corrected chi connectivity index (χ2v) is 8.42. The lowest BCUT2D eigenvalue weighted by Gasteiger charge is -2.38. The number of carbonyl (C=O) groups excluding carboxylic acids is 1. The minimum absolute atomic E-state index is 0.104. The van der Waals surface area contributed by atoms with Crippen molar-refractivity contribution in [1.82, 2.24) is 4.90 Å². The van der Waals surface area contributed by atoms with Crippen LogP contribution in [0.25, 0.3) is 0 Å². The first-order chi connectivity index (χ1) is 12.4. The molecule has 150 valence electrons. The average molecular weight is 387 g/mol. The van der Waals surface area contributed by atoms with Crippen LogP contribution in [0.4, 0.5) is 18.0 Å². The molecule has 1 unspecified atom stereocenters. The molecule has 1 heterocycles. The zero-order valence-electron chi connectivity index (χ0n) is 15.6. The number of fused-ring (bicyclic) bond motifs is 1. The van der Waals surface area contributed by atoms with Crippen LogP contribution in [0.5, 0.6) is 5.75 Å². The molecule has 1 aliphatic heterocycles. The minimum Gasteiger partial charge on any atom is -0.444 e. The smallest absolute Gasteiger partial charge is 0.444 e. The summed E-state index contributed by atoms with van der Waals surface area (Å²) in [7, 11) is 0. The Hall–Kier alpha value is -1.96. The molecule has 1 aromatic rings. The van der Waals surface area contributed by atoms with Crippen LogP contribution in [0.1, 0.15) is 39.2 Å². The van der Waals surface area contributed by atoms with Gasteiger partial charge in [0.05, 0.1) is 6.61 Å². The number of amides is 1. The predicted octanol–water partition coefficient (Wildman–Crippen LogP) is 3.85. The van der Waals surface area contributed by atoms with Gasteiger partial charge in [0.2, 0.25) is 0 Å². The summed E-state index contributed by atoms with van der Waals surface area (Å²) in [4.78, 5) is 14.0. The molecule has 0 radical (unpaired) electrons. The van der Waals surface area contributed by atoms with Gasteiger partial charge in [0.15, 0.2) is 0 Å². The fraction of sp³-hybridized carbons (Fsp3) is 0.632. The Morgan fingerprint density at radius 1 is 1.22 bits per heavy atom. The van der Waals surface area contributed by atoms with Gasteiger partial charge in [-0.15, -0.1) is 13.2 Å². The average Bonchev–Trinajstić information content (AvgIpc) is 3.22. The van der Waals surface area contributed by atoms with Crippen molar-refractivity contribution in [3.05, 3.63) is 29.8 Å². The maximum absolute atomic E-state index is 12.4. The Labute approximate surface area is 156 Å². The molecule has 2 fully saturated rings. The van der Waals surface area contributed by atoms with Gasteiger partial charge in [-0.2, -0.15) is 0 Å². The molecule has 3 rings (SSSR count). The van der Waals surface area contributed by atoms with E-state index in [-0.39, 0.29) is 17.8 Å². The first kappa shape index (κ1) is 19.8. The maximum atomic E-state index is 12.4. The number of nitrogens with zero attached hydrogens (tertiary/aromatic N) is 1. The van der Waals surface area contributed by atoms with Crippen molar-refractivity contribution in [3.8, 4) is 5.75 Å². The lowest BCUT2D eigenvalue weighted by molar-refractivity contribution is -0.274. The summed E-state index contributed by atoms with van der Waals surface area (Å²) in [5.41, 5.74) is -0.573. The normalized spacial score (nSPS) is 27.7. The number of alkyl halides is 3. The van der Waals surface area contributed by atoms with Gasteiger partial charge in [-0.05, 0) is 51.3 Å². The Kier molecular flexibility index (Phi) is 4.61. The number of aliphatic hydroxyl groups excluding tert-OH is 1. The van der Waals surface area contributed by atoms with E-state index < -0.39 is 23.5 Å². The number of hydrogen-bond donors (Lipinski definition) is 1. The van der Waals surface area contributed by atoms with Gasteiger partial charge in [0, 0.05) is 23.9 Å². The van der Waals surface area contributed by atoms with E-state index >= 15 is 0 Å². The van der Waals surface area contributed by atoms with Crippen LogP contribution in [0.2, 0.25) is 0 Å². The lowest BCUT2D eigenvalue weighted by Crippen LogP contribution is -2.48. The number of piperidine rings is 1. The number of halogens is 3. The highest BCUT2D eigenvalue weighted by atomic mass is 19.4. The topological polar surface area (TPSA) is 59.0 Å². The number of rotatable bonds is 3. The third-order valence-corrected chi connectivity index (χ3v) is 5.43. The number of ether oxygens (including phenoxy) is 2. The van der Waals surface area contributed by atoms with Crippen molar-refractivity contribution in [2.75, 3.05) is 19.7 Å². The first-order valence-electron chi connectivity index (χ1n) is 8.85. The number of hydrogen-bond acceptors (Lipinski definition) is 4. The quantitative estimate of drug-likeness (QED) is 0.856. The number of aliphatic hydroxyl groups is 1. The summed E-state index contributed by atoms with van der Waals surface area (Å²) in [6, 6.07) is 5.81. The molecule has 1 aromatic carbocycles. The number of carbonyl (C=O) groups is 1. The highest BCUT2D eigenvalue weighted by molar-refractivity contribution is 5.69. The van der Waals surface area contributed by atoms with E-state index in [9.17, 15) is 23.1 Å². The molecule has 1 aliphatic carbocycles. The van der Waals surface area contributed by atoms with E-state index in [1.54, 1.807) is 37.8 Å². The summed E-state index contributed by atoms with van der Waals surface area (Å²) in [6.07, 6.45) is -3.85. The minimum atomic E-state index is -4.73. The van der Waals surface area contributed by atoms with Crippen LogP contribution in [-0.4, -0.2) is 47.8 Å². The van der Waals surface area contributed by atoms with Crippen molar-refractivity contribution in [2.24, 2.45) is 5.41 Å². The summed E-state index contributed by atoms with van der Waals surface area (Å²) in [6.45, 7) is 6.11. The van der Waals surface area contributed by atoms with Gasteiger partial charge in [0.25, 0.3) is 0 Å². The highest BCUT2D eigenvalue weighted by Crippen LogP contribution is 2.68. The molecule has 0 bridgehead atoms. The zero-order chi connectivity index (χ0) is 20.1. The van der Waals surface area contributed by atoms with Gasteiger partial charge in [0.1, 0.15) is 11.4 Å². The van der Waals surface area contributed by atoms with E-state index in [0.717, 1.165) is 5.56 Å². The Balaban J connectivity index is 1.74. The molecular formula is C19H24F3NO4. The highest BCUT2D eigenvalue weighted by Gasteiger charge is 2.70. The molecule has 5 nitrogen and oxygen atoms in total. The van der Waals surface area contributed by atoms with Crippen molar-refractivity contribution in [1.29, 1.82) is 0 Å². The molecule has 8 heteroatoms. The van der Waals surface area contributed by atoms with Gasteiger partial charge < -0.3 is 19.5 Å². The molecule has 27 heavy (non-hydrogen) atoms. The number of likely N-dealkylation sites (tertiary alicyclic amines) is 1. The van der Waals surface area contributed by atoms with E-state index in [2.05, 4.69) is 4.74 Å². The zero-order valence-corrected chi connectivity index (χ0v) is 15.6. The van der Waals surface area contributed by atoms with Crippen molar-refractivity contribution in [2.45, 2.75) is 51.0 Å². The Morgan fingerprint density at radius 3 is 2.37 bits per heavy atom. The summed E-state index contributed by atoms with van der Waals surface area (Å²) in [5.74, 6) is -0.274. The molecule has 1 saturated heterocycles. The predicted molar refractivity (Wildman–Crippen MR) is 91.4 cm³/mol. The molecule has 2 atom stereocenters. The summed E-state index contributed by atoms with van der Waals surface area (Å²) >= 11 is 0. The molecule has 0 spiro atoms. The standard InChI is InChI=1S/C19H24F3NO4/c1-16(2,3)27-15(25)23-9-8-18(10-17(18,11-23)12-24)13-4-6-14(7-5-13)26-19(20,21)22/h4-7,24H,8-12H2,1-3H3/t17?,18-/m1/s1. The fourth-order valence-corrected chi connectivity index (χ4v) is 4.13. The van der Waals surface area contributed by atoms with Crippen molar-refractivity contribution < 1.29 is 32.5 Å². The van der Waals surface area contributed by atoms with Crippen molar-refractivity contribution >= 4 is 6.09 Å². The molecular weight excluding hydrogens is 363 g/mol. The van der Waals surface area contributed by atoms with Crippen molar-refractivity contribution in [3.63, 3.8) is 0 Å².